The average molecular weight is 320 g/mol. The normalized spacial score (nSPS) is 15.3. The van der Waals surface area contributed by atoms with Crippen molar-refractivity contribution in [1.29, 1.82) is 0 Å². The Morgan fingerprint density at radius 1 is 1.11 bits per heavy atom. The van der Waals surface area contributed by atoms with Crippen molar-refractivity contribution in [2.75, 3.05) is 6.54 Å². The zero-order chi connectivity index (χ0) is 13.2. The summed E-state index contributed by atoms with van der Waals surface area (Å²) in [5.41, 5.74) is 3.99. The summed E-state index contributed by atoms with van der Waals surface area (Å²) in [5, 5.41) is 0. The van der Waals surface area contributed by atoms with Crippen LogP contribution in [-0.4, -0.2) is 11.4 Å². The van der Waals surface area contributed by atoms with Crippen molar-refractivity contribution in [3.63, 3.8) is 0 Å². The molecule has 1 heterocycles. The molecule has 0 spiro atoms. The van der Waals surface area contributed by atoms with E-state index in [2.05, 4.69) is 39.0 Å². The van der Waals surface area contributed by atoms with Crippen molar-refractivity contribution >= 4 is 15.9 Å². The summed E-state index contributed by atoms with van der Waals surface area (Å²) >= 11 is 3.62. The second-order valence-corrected chi connectivity index (χ2v) is 5.82. The van der Waals surface area contributed by atoms with Gasteiger partial charge in [-0.3, -0.25) is 4.90 Å². The van der Waals surface area contributed by atoms with Gasteiger partial charge in [-0.15, -0.1) is 0 Å². The minimum Gasteiger partial charge on any atom is -0.294 e. The number of hydrogen-bond donors (Lipinski definition) is 0. The number of benzene rings is 2. The smallest absolute Gasteiger partial charge is 0.123 e. The largest absolute Gasteiger partial charge is 0.294 e. The van der Waals surface area contributed by atoms with Gasteiger partial charge in [-0.25, -0.2) is 4.39 Å². The standard InChI is InChI=1S/C16H15BrFN/c17-16-3-1-2-13-11-19(9-8-15(13)16)10-12-4-6-14(18)7-5-12/h1-7H,8-11H2. The molecular formula is C16H15BrFN. The molecular weight excluding hydrogens is 305 g/mol. The van der Waals surface area contributed by atoms with E-state index in [1.165, 1.54) is 33.3 Å². The highest BCUT2D eigenvalue weighted by atomic mass is 79.9. The first-order chi connectivity index (χ1) is 9.22. The Balaban J connectivity index is 1.74. The molecule has 0 radical (unpaired) electrons. The van der Waals surface area contributed by atoms with E-state index in [1.54, 1.807) is 0 Å². The molecule has 0 N–H and O–H groups in total. The maximum absolute atomic E-state index is 12.9. The minimum atomic E-state index is -0.170. The zero-order valence-electron chi connectivity index (χ0n) is 10.6. The van der Waals surface area contributed by atoms with Gasteiger partial charge >= 0.3 is 0 Å². The summed E-state index contributed by atoms with van der Waals surface area (Å²) < 4.78 is 14.1. The zero-order valence-corrected chi connectivity index (χ0v) is 12.2. The summed E-state index contributed by atoms with van der Waals surface area (Å²) in [6.07, 6.45) is 1.07. The SMILES string of the molecule is Fc1ccc(CN2CCc3c(Br)cccc3C2)cc1. The van der Waals surface area contributed by atoms with E-state index < -0.39 is 0 Å². The van der Waals surface area contributed by atoms with Gasteiger partial charge in [0.2, 0.25) is 0 Å². The van der Waals surface area contributed by atoms with E-state index in [-0.39, 0.29) is 5.82 Å². The molecule has 0 atom stereocenters. The topological polar surface area (TPSA) is 3.24 Å². The number of nitrogens with zero attached hydrogens (tertiary/aromatic N) is 1. The van der Waals surface area contributed by atoms with Gasteiger partial charge in [-0.1, -0.05) is 40.2 Å². The Kier molecular flexibility index (Phi) is 3.67. The van der Waals surface area contributed by atoms with Gasteiger partial charge in [0, 0.05) is 24.1 Å². The molecule has 98 valence electrons. The highest BCUT2D eigenvalue weighted by molar-refractivity contribution is 9.10. The van der Waals surface area contributed by atoms with Gasteiger partial charge < -0.3 is 0 Å². The Bertz CT molecular complexity index is 580. The Hall–Kier alpha value is -1.19. The molecule has 1 aliphatic heterocycles. The van der Waals surface area contributed by atoms with Crippen LogP contribution in [0, 0.1) is 5.82 Å². The van der Waals surface area contributed by atoms with Gasteiger partial charge in [-0.2, -0.15) is 0 Å². The van der Waals surface area contributed by atoms with Crippen LogP contribution in [0.15, 0.2) is 46.9 Å². The molecule has 3 heteroatoms. The molecule has 3 rings (SSSR count). The summed E-state index contributed by atoms with van der Waals surface area (Å²) in [6.45, 7) is 2.89. The third-order valence-electron chi connectivity index (χ3n) is 3.61. The highest BCUT2D eigenvalue weighted by Crippen LogP contribution is 2.27. The highest BCUT2D eigenvalue weighted by Gasteiger charge is 2.17. The van der Waals surface area contributed by atoms with Crippen molar-refractivity contribution in [2.24, 2.45) is 0 Å². The van der Waals surface area contributed by atoms with Crippen LogP contribution in [0.3, 0.4) is 0 Å². The molecule has 2 aromatic carbocycles. The van der Waals surface area contributed by atoms with Crippen molar-refractivity contribution in [3.8, 4) is 0 Å². The van der Waals surface area contributed by atoms with Crippen molar-refractivity contribution < 1.29 is 4.39 Å². The van der Waals surface area contributed by atoms with Gasteiger partial charge in [0.25, 0.3) is 0 Å². The Labute approximate surface area is 121 Å². The molecule has 1 aliphatic rings. The van der Waals surface area contributed by atoms with Gasteiger partial charge in [-0.05, 0) is 41.3 Å². The number of rotatable bonds is 2. The second kappa shape index (κ2) is 5.43. The van der Waals surface area contributed by atoms with Crippen molar-refractivity contribution in [3.05, 3.63) is 69.4 Å². The summed E-state index contributed by atoms with van der Waals surface area (Å²) in [5.74, 6) is -0.170. The Morgan fingerprint density at radius 3 is 2.68 bits per heavy atom. The first-order valence-electron chi connectivity index (χ1n) is 6.45. The third kappa shape index (κ3) is 2.88. The van der Waals surface area contributed by atoms with Crippen LogP contribution in [-0.2, 0) is 19.5 Å². The lowest BCUT2D eigenvalue weighted by molar-refractivity contribution is 0.245. The van der Waals surface area contributed by atoms with Crippen LogP contribution in [0.1, 0.15) is 16.7 Å². The first kappa shape index (κ1) is 12.8. The lowest BCUT2D eigenvalue weighted by Crippen LogP contribution is -2.30. The molecule has 0 amide bonds. The summed E-state index contributed by atoms with van der Waals surface area (Å²) in [7, 11) is 0. The first-order valence-corrected chi connectivity index (χ1v) is 7.25. The van der Waals surface area contributed by atoms with E-state index in [0.717, 1.165) is 26.1 Å². The minimum absolute atomic E-state index is 0.170. The Morgan fingerprint density at radius 2 is 1.89 bits per heavy atom. The van der Waals surface area contributed by atoms with Crippen LogP contribution in [0.5, 0.6) is 0 Å². The fourth-order valence-corrected chi connectivity index (χ4v) is 3.21. The lowest BCUT2D eigenvalue weighted by atomic mass is 9.99. The van der Waals surface area contributed by atoms with Gasteiger partial charge in [0.15, 0.2) is 0 Å². The molecule has 0 aromatic heterocycles. The van der Waals surface area contributed by atoms with Gasteiger partial charge in [0.1, 0.15) is 5.82 Å². The molecule has 0 saturated heterocycles. The van der Waals surface area contributed by atoms with E-state index >= 15 is 0 Å². The number of hydrogen-bond acceptors (Lipinski definition) is 1. The fraction of sp³-hybridized carbons (Fsp3) is 0.250. The molecule has 0 aliphatic carbocycles. The third-order valence-corrected chi connectivity index (χ3v) is 4.35. The fourth-order valence-electron chi connectivity index (χ4n) is 2.60. The lowest BCUT2D eigenvalue weighted by Gasteiger charge is -2.29. The predicted molar refractivity (Wildman–Crippen MR) is 78.4 cm³/mol. The monoisotopic (exact) mass is 319 g/mol. The molecule has 19 heavy (non-hydrogen) atoms. The molecule has 2 aromatic rings. The van der Waals surface area contributed by atoms with Gasteiger partial charge in [0.05, 0.1) is 0 Å². The van der Waals surface area contributed by atoms with E-state index in [0.29, 0.717) is 0 Å². The maximum Gasteiger partial charge on any atom is 0.123 e. The van der Waals surface area contributed by atoms with E-state index in [9.17, 15) is 4.39 Å². The molecule has 0 saturated carbocycles. The van der Waals surface area contributed by atoms with Crippen LogP contribution >= 0.6 is 15.9 Å². The maximum atomic E-state index is 12.9. The van der Waals surface area contributed by atoms with E-state index in [4.69, 9.17) is 0 Å². The van der Waals surface area contributed by atoms with Crippen LogP contribution in [0.2, 0.25) is 0 Å². The van der Waals surface area contributed by atoms with Crippen molar-refractivity contribution in [1.82, 2.24) is 4.90 Å². The van der Waals surface area contributed by atoms with Crippen LogP contribution in [0.25, 0.3) is 0 Å². The van der Waals surface area contributed by atoms with Crippen LogP contribution < -0.4 is 0 Å². The quantitative estimate of drug-likeness (QED) is 0.804. The van der Waals surface area contributed by atoms with Crippen LogP contribution in [0.4, 0.5) is 4.39 Å². The molecule has 1 nitrogen and oxygen atoms in total. The predicted octanol–water partition coefficient (Wildman–Crippen LogP) is 4.15. The number of halogens is 2. The second-order valence-electron chi connectivity index (χ2n) is 4.96. The summed E-state index contributed by atoms with van der Waals surface area (Å²) in [4.78, 5) is 2.40. The molecule has 0 unspecified atom stereocenters. The van der Waals surface area contributed by atoms with E-state index in [1.807, 2.05) is 12.1 Å². The van der Waals surface area contributed by atoms with Crippen molar-refractivity contribution in [2.45, 2.75) is 19.5 Å². The number of fused-ring (bicyclic) bond motifs is 1. The molecule has 0 bridgehead atoms. The molecule has 0 fully saturated rings. The average Bonchev–Trinajstić information content (AvgIpc) is 2.42. The summed E-state index contributed by atoms with van der Waals surface area (Å²) in [6, 6.07) is 13.2.